The van der Waals surface area contributed by atoms with Gasteiger partial charge in [-0.2, -0.15) is 0 Å². The van der Waals surface area contributed by atoms with E-state index in [0.717, 1.165) is 5.01 Å². The van der Waals surface area contributed by atoms with Crippen molar-refractivity contribution in [2.24, 2.45) is 0 Å². The minimum Gasteiger partial charge on any atom is -0.478 e. The molecule has 30 heavy (non-hydrogen) atoms. The van der Waals surface area contributed by atoms with E-state index in [1.54, 1.807) is 18.2 Å². The molecule has 7 nitrogen and oxygen atoms in total. The minimum absolute atomic E-state index is 0.0780. The number of aromatic carboxylic acids is 1. The van der Waals surface area contributed by atoms with Crippen LogP contribution in [0.5, 0.6) is 0 Å². The lowest BCUT2D eigenvalue weighted by molar-refractivity contribution is -0.117. The van der Waals surface area contributed by atoms with Crippen LogP contribution in [0.1, 0.15) is 16.1 Å². The molecule has 150 valence electrons. The minimum atomic E-state index is -1.18. The molecule has 2 amide bonds. The van der Waals surface area contributed by atoms with Gasteiger partial charge in [-0.25, -0.2) is 14.2 Å². The fourth-order valence-corrected chi connectivity index (χ4v) is 3.10. The summed E-state index contributed by atoms with van der Waals surface area (Å²) in [6.07, 6.45) is 1.28. The first-order chi connectivity index (χ1) is 14.3. The van der Waals surface area contributed by atoms with Gasteiger partial charge in [-0.15, -0.1) is 0 Å². The first kappa shape index (κ1) is 19.4. The van der Waals surface area contributed by atoms with Crippen molar-refractivity contribution in [2.75, 3.05) is 5.01 Å². The zero-order valence-electron chi connectivity index (χ0n) is 15.1. The smallest absolute Gasteiger partial charge is 0.337 e. The second-order valence-corrected chi connectivity index (χ2v) is 6.72. The quantitative estimate of drug-likeness (QED) is 0.487. The summed E-state index contributed by atoms with van der Waals surface area (Å²) in [5.74, 6) is -2.35. The van der Waals surface area contributed by atoms with Gasteiger partial charge in [0.25, 0.3) is 11.8 Å². The summed E-state index contributed by atoms with van der Waals surface area (Å²) in [7, 11) is 0. The molecule has 1 aliphatic heterocycles. The van der Waals surface area contributed by atoms with Crippen molar-refractivity contribution in [1.82, 2.24) is 5.43 Å². The number of halogens is 2. The molecule has 0 atom stereocenters. The lowest BCUT2D eigenvalue weighted by Gasteiger charge is -2.14. The predicted octanol–water partition coefficient (Wildman–Crippen LogP) is 3.90. The first-order valence-corrected chi connectivity index (χ1v) is 8.97. The molecule has 0 radical (unpaired) electrons. The van der Waals surface area contributed by atoms with Crippen molar-refractivity contribution in [2.45, 2.75) is 0 Å². The normalized spacial score (nSPS) is 15.0. The van der Waals surface area contributed by atoms with E-state index < -0.39 is 23.6 Å². The Bertz CT molecular complexity index is 1220. The second kappa shape index (κ2) is 7.49. The molecule has 1 saturated heterocycles. The summed E-state index contributed by atoms with van der Waals surface area (Å²) in [5.41, 5.74) is 2.94. The summed E-state index contributed by atoms with van der Waals surface area (Å²) >= 11 is 5.87. The van der Waals surface area contributed by atoms with Crippen LogP contribution >= 0.6 is 11.6 Å². The highest BCUT2D eigenvalue weighted by atomic mass is 35.5. The average molecular weight is 427 g/mol. The maximum Gasteiger partial charge on any atom is 0.337 e. The van der Waals surface area contributed by atoms with Crippen LogP contribution in [-0.4, -0.2) is 22.9 Å². The van der Waals surface area contributed by atoms with Gasteiger partial charge in [0.1, 0.15) is 22.9 Å². The number of hydrogen-bond donors (Lipinski definition) is 2. The van der Waals surface area contributed by atoms with Crippen LogP contribution in [0.2, 0.25) is 5.02 Å². The van der Waals surface area contributed by atoms with Gasteiger partial charge in [0, 0.05) is 5.56 Å². The number of carbonyl (C=O) groups is 3. The number of carbonyl (C=O) groups excluding carboxylic acids is 2. The average Bonchev–Trinajstić information content (AvgIpc) is 3.29. The number of rotatable bonds is 4. The molecule has 2 heterocycles. The molecule has 4 rings (SSSR count). The fraction of sp³-hybridized carbons (Fsp3) is 0. The van der Waals surface area contributed by atoms with Gasteiger partial charge in [-0.05, 0) is 60.7 Å². The maximum atomic E-state index is 13.1. The number of anilines is 1. The summed E-state index contributed by atoms with van der Waals surface area (Å²) in [6.45, 7) is 0. The lowest BCUT2D eigenvalue weighted by atomic mass is 10.1. The van der Waals surface area contributed by atoms with E-state index in [4.69, 9.17) is 16.0 Å². The summed E-state index contributed by atoms with van der Waals surface area (Å²) in [4.78, 5) is 36.1. The highest BCUT2D eigenvalue weighted by Gasteiger charge is 2.34. The Morgan fingerprint density at radius 3 is 2.53 bits per heavy atom. The number of hydrazine groups is 1. The Hall–Kier alpha value is -3.91. The Kier molecular flexibility index (Phi) is 4.85. The highest BCUT2D eigenvalue weighted by Crippen LogP contribution is 2.28. The molecule has 0 aliphatic carbocycles. The predicted molar refractivity (Wildman–Crippen MR) is 106 cm³/mol. The lowest BCUT2D eigenvalue weighted by Crippen LogP contribution is -2.35. The van der Waals surface area contributed by atoms with Crippen molar-refractivity contribution >= 4 is 41.1 Å². The standard InChI is InChI=1S/C21H12ClFN2O5/c22-17-7-1-11(9-15(17)21(28)29)18-8-6-14(30-18)10-16-19(26)24-25(20(16)27)13-4-2-12(23)3-5-13/h1-10H,(H,24,26)(H,28,29). The van der Waals surface area contributed by atoms with Crippen LogP contribution in [0, 0.1) is 5.82 Å². The number of hydrogen-bond acceptors (Lipinski definition) is 4. The van der Waals surface area contributed by atoms with E-state index in [1.165, 1.54) is 42.5 Å². The highest BCUT2D eigenvalue weighted by molar-refractivity contribution is 6.33. The number of nitrogens with zero attached hydrogens (tertiary/aromatic N) is 1. The Labute approximate surface area is 173 Å². The number of carboxylic acids is 1. The molecule has 0 saturated carbocycles. The SMILES string of the molecule is O=C1NN(c2ccc(F)cc2)C(=O)C1=Cc1ccc(-c2ccc(Cl)c(C(=O)O)c2)o1. The second-order valence-electron chi connectivity index (χ2n) is 6.32. The maximum absolute atomic E-state index is 13.1. The molecule has 1 fully saturated rings. The van der Waals surface area contributed by atoms with Gasteiger partial charge in [0.05, 0.1) is 16.3 Å². The Balaban J connectivity index is 1.62. The van der Waals surface area contributed by atoms with Gasteiger partial charge in [-0.1, -0.05) is 11.6 Å². The summed E-state index contributed by atoms with van der Waals surface area (Å²) in [5, 5.41) is 10.3. The molecule has 0 unspecified atom stereocenters. The number of amides is 2. The van der Waals surface area contributed by atoms with Crippen molar-refractivity contribution in [3.05, 3.63) is 82.3 Å². The number of nitrogens with one attached hydrogen (secondary N) is 1. The van der Waals surface area contributed by atoms with E-state index in [-0.39, 0.29) is 21.9 Å². The van der Waals surface area contributed by atoms with Crippen molar-refractivity contribution < 1.29 is 28.3 Å². The van der Waals surface area contributed by atoms with E-state index in [9.17, 15) is 23.9 Å². The van der Waals surface area contributed by atoms with Crippen LogP contribution in [0.25, 0.3) is 17.4 Å². The molecule has 3 aromatic rings. The third kappa shape index (κ3) is 3.56. The van der Waals surface area contributed by atoms with Gasteiger partial charge < -0.3 is 9.52 Å². The van der Waals surface area contributed by atoms with Gasteiger partial charge in [0.2, 0.25) is 0 Å². The largest absolute Gasteiger partial charge is 0.478 e. The monoisotopic (exact) mass is 426 g/mol. The molecule has 0 bridgehead atoms. The molecule has 9 heteroatoms. The molecule has 2 N–H and O–H groups in total. The Morgan fingerprint density at radius 1 is 1.10 bits per heavy atom. The van der Waals surface area contributed by atoms with Crippen molar-refractivity contribution in [3.63, 3.8) is 0 Å². The van der Waals surface area contributed by atoms with Crippen LogP contribution in [0.15, 0.2) is 64.6 Å². The van der Waals surface area contributed by atoms with E-state index in [1.807, 2.05) is 0 Å². The first-order valence-electron chi connectivity index (χ1n) is 8.59. The van der Waals surface area contributed by atoms with Crippen LogP contribution in [-0.2, 0) is 9.59 Å². The summed E-state index contributed by atoms with van der Waals surface area (Å²) in [6, 6.07) is 12.6. The molecule has 0 spiro atoms. The molecular formula is C21H12ClFN2O5. The van der Waals surface area contributed by atoms with E-state index in [2.05, 4.69) is 5.43 Å². The topological polar surface area (TPSA) is 99.9 Å². The number of carboxylic acid groups (broad SMARTS) is 1. The third-order valence-electron chi connectivity index (χ3n) is 4.37. The molecule has 1 aromatic heterocycles. The van der Waals surface area contributed by atoms with Crippen molar-refractivity contribution in [1.29, 1.82) is 0 Å². The summed E-state index contributed by atoms with van der Waals surface area (Å²) < 4.78 is 18.7. The van der Waals surface area contributed by atoms with Gasteiger partial charge in [-0.3, -0.25) is 15.0 Å². The van der Waals surface area contributed by atoms with Gasteiger partial charge in [0.15, 0.2) is 0 Å². The third-order valence-corrected chi connectivity index (χ3v) is 4.70. The zero-order valence-corrected chi connectivity index (χ0v) is 15.8. The molecule has 1 aliphatic rings. The fourth-order valence-electron chi connectivity index (χ4n) is 2.90. The van der Waals surface area contributed by atoms with E-state index in [0.29, 0.717) is 17.0 Å². The van der Waals surface area contributed by atoms with Gasteiger partial charge >= 0.3 is 5.97 Å². The number of furan rings is 1. The molecule has 2 aromatic carbocycles. The number of benzene rings is 2. The van der Waals surface area contributed by atoms with Crippen LogP contribution in [0.4, 0.5) is 10.1 Å². The molecular weight excluding hydrogens is 415 g/mol. The zero-order chi connectivity index (χ0) is 21.4. The van der Waals surface area contributed by atoms with E-state index >= 15 is 0 Å². The van der Waals surface area contributed by atoms with Crippen LogP contribution in [0.3, 0.4) is 0 Å². The van der Waals surface area contributed by atoms with Crippen LogP contribution < -0.4 is 10.4 Å². The van der Waals surface area contributed by atoms with Crippen molar-refractivity contribution in [3.8, 4) is 11.3 Å². The Morgan fingerprint density at radius 2 is 1.83 bits per heavy atom.